The number of carbonyl (C=O) groups excluding carboxylic acids is 1. The van der Waals surface area contributed by atoms with Gasteiger partial charge in [0.2, 0.25) is 5.91 Å². The van der Waals surface area contributed by atoms with Gasteiger partial charge in [0.15, 0.2) is 0 Å². The number of aromatic nitrogens is 2. The molecule has 0 aromatic carbocycles. The van der Waals surface area contributed by atoms with E-state index in [1.807, 2.05) is 0 Å². The van der Waals surface area contributed by atoms with Crippen molar-refractivity contribution in [3.63, 3.8) is 0 Å². The van der Waals surface area contributed by atoms with Gasteiger partial charge in [-0.3, -0.25) is 9.89 Å². The van der Waals surface area contributed by atoms with Gasteiger partial charge in [0.05, 0.1) is 17.8 Å². The van der Waals surface area contributed by atoms with E-state index in [1.165, 1.54) is 0 Å². The van der Waals surface area contributed by atoms with Gasteiger partial charge in [-0.25, -0.2) is 0 Å². The van der Waals surface area contributed by atoms with E-state index in [1.54, 1.807) is 12.4 Å². The largest absolute Gasteiger partial charge is 0.323 e. The van der Waals surface area contributed by atoms with E-state index in [4.69, 9.17) is 0 Å². The Hall–Kier alpha value is -1.07. The molecule has 0 aliphatic carbocycles. The Balaban J connectivity index is 0.000000980. The van der Waals surface area contributed by atoms with Crippen LogP contribution < -0.4 is 10.6 Å². The van der Waals surface area contributed by atoms with Crippen LogP contribution >= 0.6 is 12.4 Å². The van der Waals surface area contributed by atoms with Crippen molar-refractivity contribution in [2.75, 3.05) is 18.4 Å². The summed E-state index contributed by atoms with van der Waals surface area (Å²) in [5, 5.41) is 12.3. The summed E-state index contributed by atoms with van der Waals surface area (Å²) in [6, 6.07) is 0. The second-order valence-electron chi connectivity index (χ2n) is 3.17. The van der Waals surface area contributed by atoms with Crippen molar-refractivity contribution in [3.05, 3.63) is 12.4 Å². The lowest BCUT2D eigenvalue weighted by Crippen LogP contribution is -2.24. The van der Waals surface area contributed by atoms with E-state index in [9.17, 15) is 4.79 Å². The Morgan fingerprint density at radius 1 is 1.64 bits per heavy atom. The highest BCUT2D eigenvalue weighted by Crippen LogP contribution is 2.11. The topological polar surface area (TPSA) is 69.8 Å². The third-order valence-corrected chi connectivity index (χ3v) is 2.20. The highest BCUT2D eigenvalue weighted by molar-refractivity contribution is 5.92. The lowest BCUT2D eigenvalue weighted by atomic mass is 10.1. The van der Waals surface area contributed by atoms with E-state index in [-0.39, 0.29) is 24.2 Å². The summed E-state index contributed by atoms with van der Waals surface area (Å²) >= 11 is 0. The van der Waals surface area contributed by atoms with Crippen LogP contribution in [0.25, 0.3) is 0 Å². The molecule has 2 heterocycles. The molecule has 3 N–H and O–H groups in total. The Kier molecular flexibility index (Phi) is 3.91. The zero-order valence-electron chi connectivity index (χ0n) is 7.62. The van der Waals surface area contributed by atoms with Gasteiger partial charge in [-0.05, 0) is 13.0 Å². The van der Waals surface area contributed by atoms with Crippen LogP contribution in [0, 0.1) is 5.92 Å². The van der Waals surface area contributed by atoms with Crippen LogP contribution in [0.5, 0.6) is 0 Å². The maximum atomic E-state index is 11.5. The Labute approximate surface area is 88.1 Å². The molecule has 0 unspecified atom stereocenters. The number of carbonyl (C=O) groups is 1. The van der Waals surface area contributed by atoms with Crippen LogP contribution in [0.2, 0.25) is 0 Å². The van der Waals surface area contributed by atoms with Crippen molar-refractivity contribution >= 4 is 24.0 Å². The van der Waals surface area contributed by atoms with Crippen molar-refractivity contribution in [2.45, 2.75) is 6.42 Å². The quantitative estimate of drug-likeness (QED) is 0.670. The van der Waals surface area contributed by atoms with Gasteiger partial charge >= 0.3 is 0 Å². The van der Waals surface area contributed by atoms with E-state index >= 15 is 0 Å². The number of anilines is 1. The second-order valence-corrected chi connectivity index (χ2v) is 3.17. The summed E-state index contributed by atoms with van der Waals surface area (Å²) in [5.41, 5.74) is 0.733. The first kappa shape index (κ1) is 11.0. The Morgan fingerprint density at radius 3 is 3.07 bits per heavy atom. The molecule has 78 valence electrons. The number of hydrogen-bond donors (Lipinski definition) is 3. The summed E-state index contributed by atoms with van der Waals surface area (Å²) in [6.45, 7) is 1.72. The maximum absolute atomic E-state index is 11.5. The fourth-order valence-corrected chi connectivity index (χ4v) is 1.44. The minimum atomic E-state index is 0. The average Bonchev–Trinajstić information content (AvgIpc) is 2.74. The minimum absolute atomic E-state index is 0. The predicted molar refractivity (Wildman–Crippen MR) is 55.4 cm³/mol. The summed E-state index contributed by atoms with van der Waals surface area (Å²) < 4.78 is 0. The zero-order chi connectivity index (χ0) is 9.10. The fourth-order valence-electron chi connectivity index (χ4n) is 1.44. The zero-order valence-corrected chi connectivity index (χ0v) is 8.43. The normalized spacial score (nSPS) is 20.1. The number of nitrogens with zero attached hydrogens (tertiary/aromatic N) is 1. The monoisotopic (exact) mass is 216 g/mol. The highest BCUT2D eigenvalue weighted by Gasteiger charge is 2.22. The molecule has 2 rings (SSSR count). The molecule has 1 fully saturated rings. The van der Waals surface area contributed by atoms with Crippen LogP contribution in [0.15, 0.2) is 12.4 Å². The first-order valence-corrected chi connectivity index (χ1v) is 4.36. The van der Waals surface area contributed by atoms with Crippen molar-refractivity contribution in [3.8, 4) is 0 Å². The van der Waals surface area contributed by atoms with Crippen molar-refractivity contribution in [1.82, 2.24) is 15.5 Å². The molecule has 1 aliphatic rings. The fraction of sp³-hybridized carbons (Fsp3) is 0.500. The van der Waals surface area contributed by atoms with Gasteiger partial charge < -0.3 is 10.6 Å². The second kappa shape index (κ2) is 4.97. The van der Waals surface area contributed by atoms with Crippen LogP contribution in [0.1, 0.15) is 6.42 Å². The smallest absolute Gasteiger partial charge is 0.228 e. The number of H-pyrrole nitrogens is 1. The van der Waals surface area contributed by atoms with Crippen molar-refractivity contribution in [1.29, 1.82) is 0 Å². The molecule has 6 heteroatoms. The molecule has 0 radical (unpaired) electrons. The van der Waals surface area contributed by atoms with Crippen LogP contribution in [-0.4, -0.2) is 29.2 Å². The van der Waals surface area contributed by atoms with E-state index < -0.39 is 0 Å². The SMILES string of the molecule is Cl.O=C(Nc1cn[nH]c1)[C@H]1CCNC1. The lowest BCUT2D eigenvalue weighted by molar-refractivity contribution is -0.119. The lowest BCUT2D eigenvalue weighted by Gasteiger charge is -2.06. The summed E-state index contributed by atoms with van der Waals surface area (Å²) in [6.07, 6.45) is 4.18. The molecule has 1 aromatic rings. The van der Waals surface area contributed by atoms with Crippen LogP contribution in [-0.2, 0) is 4.79 Å². The van der Waals surface area contributed by atoms with Gasteiger partial charge in [0.25, 0.3) is 0 Å². The molecule has 0 saturated carbocycles. The van der Waals surface area contributed by atoms with Crippen LogP contribution in [0.3, 0.4) is 0 Å². The summed E-state index contributed by atoms with van der Waals surface area (Å²) in [5.74, 6) is 0.182. The average molecular weight is 217 g/mol. The molecule has 0 spiro atoms. The van der Waals surface area contributed by atoms with Gasteiger partial charge in [0, 0.05) is 12.7 Å². The number of nitrogens with one attached hydrogen (secondary N) is 3. The first-order chi connectivity index (χ1) is 6.36. The summed E-state index contributed by atoms with van der Waals surface area (Å²) in [4.78, 5) is 11.5. The third kappa shape index (κ3) is 2.46. The van der Waals surface area contributed by atoms with E-state index in [2.05, 4.69) is 20.8 Å². The number of aromatic amines is 1. The molecular weight excluding hydrogens is 204 g/mol. The number of amides is 1. The van der Waals surface area contributed by atoms with Gasteiger partial charge in [-0.1, -0.05) is 0 Å². The predicted octanol–water partition coefficient (Wildman–Crippen LogP) is 0.379. The number of rotatable bonds is 2. The molecular formula is C8H13ClN4O. The molecule has 1 amide bonds. The van der Waals surface area contributed by atoms with Crippen molar-refractivity contribution < 1.29 is 4.79 Å². The van der Waals surface area contributed by atoms with Gasteiger partial charge in [-0.15, -0.1) is 12.4 Å². The third-order valence-electron chi connectivity index (χ3n) is 2.20. The Morgan fingerprint density at radius 2 is 2.50 bits per heavy atom. The standard InChI is InChI=1S/C8H12N4O.ClH/c13-8(6-1-2-9-3-6)12-7-4-10-11-5-7;/h4-6,9H,1-3H2,(H,10,11)(H,12,13);1H/t6-;/m0./s1. The maximum Gasteiger partial charge on any atom is 0.228 e. The molecule has 1 aliphatic heterocycles. The van der Waals surface area contributed by atoms with Gasteiger partial charge in [0.1, 0.15) is 0 Å². The van der Waals surface area contributed by atoms with Crippen molar-refractivity contribution in [2.24, 2.45) is 5.92 Å². The van der Waals surface area contributed by atoms with Crippen LogP contribution in [0.4, 0.5) is 5.69 Å². The molecule has 1 saturated heterocycles. The first-order valence-electron chi connectivity index (χ1n) is 4.36. The Bertz CT molecular complexity index is 282. The van der Waals surface area contributed by atoms with E-state index in [0.717, 1.165) is 25.2 Å². The summed E-state index contributed by atoms with van der Waals surface area (Å²) in [7, 11) is 0. The molecule has 5 nitrogen and oxygen atoms in total. The molecule has 14 heavy (non-hydrogen) atoms. The van der Waals surface area contributed by atoms with E-state index in [0.29, 0.717) is 0 Å². The number of halogens is 1. The number of hydrogen-bond acceptors (Lipinski definition) is 3. The molecule has 1 aromatic heterocycles. The molecule has 0 bridgehead atoms. The highest BCUT2D eigenvalue weighted by atomic mass is 35.5. The van der Waals surface area contributed by atoms with Gasteiger partial charge in [-0.2, -0.15) is 5.10 Å². The molecule has 1 atom stereocenters. The minimum Gasteiger partial charge on any atom is -0.323 e.